The number of rotatable bonds is 6. The summed E-state index contributed by atoms with van der Waals surface area (Å²) in [4.78, 5) is 41.4. The maximum atomic E-state index is 12.9. The van der Waals surface area contributed by atoms with Crippen molar-refractivity contribution < 1.29 is 37.8 Å². The van der Waals surface area contributed by atoms with Gasteiger partial charge in [0, 0.05) is 5.56 Å². The summed E-state index contributed by atoms with van der Waals surface area (Å²) < 4.78 is 39.0. The molecule has 0 radical (unpaired) electrons. The van der Waals surface area contributed by atoms with E-state index in [-0.39, 0.29) is 6.61 Å². The monoisotopic (exact) mass is 440 g/mol. The molecule has 11 heteroatoms. The maximum Gasteiger partial charge on any atom is 0.416 e. The van der Waals surface area contributed by atoms with Gasteiger partial charge in [-0.3, -0.25) is 14.4 Å². The average molecular weight is 440 g/mol. The molecule has 166 valence electrons. The number of aromatic hydroxyl groups is 1. The lowest BCUT2D eigenvalue weighted by molar-refractivity contribution is -0.138. The molecule has 8 nitrogen and oxygen atoms in total. The van der Waals surface area contributed by atoms with Gasteiger partial charge in [-0.05, 0) is 43.4 Å². The van der Waals surface area contributed by atoms with Crippen LogP contribution >= 0.6 is 0 Å². The molecule has 1 aromatic carbocycles. The van der Waals surface area contributed by atoms with Crippen molar-refractivity contribution in [1.82, 2.24) is 10.0 Å². The molecule has 0 spiro atoms. The van der Waals surface area contributed by atoms with E-state index in [1.165, 1.54) is 12.1 Å². The van der Waals surface area contributed by atoms with Crippen LogP contribution in [0.15, 0.2) is 29.1 Å². The molecular formula is C20H19F3N2O6. The Morgan fingerprint density at radius 1 is 1.13 bits per heavy atom. The quantitative estimate of drug-likeness (QED) is 0.632. The topological polar surface area (TPSA) is 118 Å². The largest absolute Gasteiger partial charge is 0.507 e. The number of aliphatic carboxylic acids is 1. The number of benzene rings is 1. The Balaban J connectivity index is 1.93. The van der Waals surface area contributed by atoms with E-state index in [1.54, 1.807) is 0 Å². The Morgan fingerprint density at radius 2 is 1.77 bits per heavy atom. The first-order chi connectivity index (χ1) is 14.6. The van der Waals surface area contributed by atoms with Gasteiger partial charge in [0.25, 0.3) is 11.5 Å². The highest BCUT2D eigenvalue weighted by molar-refractivity contribution is 5.98. The van der Waals surface area contributed by atoms with Crippen molar-refractivity contribution in [2.24, 2.45) is 0 Å². The maximum absolute atomic E-state index is 12.9. The van der Waals surface area contributed by atoms with Gasteiger partial charge < -0.3 is 20.4 Å². The predicted octanol–water partition coefficient (Wildman–Crippen LogP) is 1.89. The van der Waals surface area contributed by atoms with Crippen LogP contribution in [0.4, 0.5) is 13.2 Å². The molecular weight excluding hydrogens is 421 g/mol. The molecule has 0 atom stereocenters. The van der Waals surface area contributed by atoms with E-state index in [9.17, 15) is 32.7 Å². The normalized spacial score (nSPS) is 13.4. The van der Waals surface area contributed by atoms with Crippen LogP contribution < -0.4 is 15.7 Å². The highest BCUT2D eigenvalue weighted by Gasteiger charge is 2.30. The average Bonchev–Trinajstić information content (AvgIpc) is 2.72. The third-order valence-electron chi connectivity index (χ3n) is 4.87. The molecule has 0 bridgehead atoms. The van der Waals surface area contributed by atoms with Crippen molar-refractivity contribution in [2.45, 2.75) is 38.5 Å². The lowest BCUT2D eigenvalue weighted by atomic mass is 9.93. The number of aromatic nitrogens is 1. The minimum Gasteiger partial charge on any atom is -0.507 e. The van der Waals surface area contributed by atoms with Crippen LogP contribution in [0.2, 0.25) is 0 Å². The molecule has 1 aromatic heterocycles. The fraction of sp³-hybridized carbons (Fsp3) is 0.350. The van der Waals surface area contributed by atoms with Gasteiger partial charge in [0.2, 0.25) is 0 Å². The molecule has 1 amide bonds. The fourth-order valence-corrected chi connectivity index (χ4v) is 3.36. The molecule has 1 aliphatic rings. The van der Waals surface area contributed by atoms with E-state index in [2.05, 4.69) is 0 Å². The van der Waals surface area contributed by atoms with E-state index >= 15 is 0 Å². The number of alkyl halides is 3. The Kier molecular flexibility index (Phi) is 6.23. The summed E-state index contributed by atoms with van der Waals surface area (Å²) in [7, 11) is 0. The lowest BCUT2D eigenvalue weighted by Gasteiger charge is -2.23. The second-order valence-electron chi connectivity index (χ2n) is 7.00. The van der Waals surface area contributed by atoms with Crippen LogP contribution in [0.25, 0.3) is 0 Å². The zero-order chi connectivity index (χ0) is 22.8. The van der Waals surface area contributed by atoms with Crippen molar-refractivity contribution >= 4 is 11.9 Å². The molecule has 1 heterocycles. The molecule has 0 saturated carbocycles. The highest BCUT2D eigenvalue weighted by Crippen LogP contribution is 2.31. The molecule has 3 N–H and O–H groups in total. The number of carboxylic acids is 1. The molecule has 3 rings (SSSR count). The number of carbonyl (C=O) groups is 2. The van der Waals surface area contributed by atoms with E-state index in [0.29, 0.717) is 42.5 Å². The van der Waals surface area contributed by atoms with Gasteiger partial charge in [-0.1, -0.05) is 12.1 Å². The number of hydrogen-bond donors (Lipinski definition) is 3. The predicted molar refractivity (Wildman–Crippen MR) is 101 cm³/mol. The number of halogens is 3. The smallest absolute Gasteiger partial charge is 0.416 e. The van der Waals surface area contributed by atoms with Crippen LogP contribution in [0.1, 0.15) is 45.6 Å². The highest BCUT2D eigenvalue weighted by atomic mass is 19.4. The van der Waals surface area contributed by atoms with E-state index < -0.39 is 47.0 Å². The minimum atomic E-state index is -4.48. The number of carbonyl (C=O) groups excluding carboxylic acids is 1. The van der Waals surface area contributed by atoms with Crippen molar-refractivity contribution in [3.05, 3.63) is 62.6 Å². The summed E-state index contributed by atoms with van der Waals surface area (Å²) in [5, 5.41) is 21.2. The van der Waals surface area contributed by atoms with Crippen LogP contribution in [0.5, 0.6) is 5.75 Å². The fourth-order valence-electron chi connectivity index (χ4n) is 3.36. The van der Waals surface area contributed by atoms with E-state index in [1.807, 2.05) is 5.32 Å². The molecule has 1 aliphatic carbocycles. The summed E-state index contributed by atoms with van der Waals surface area (Å²) in [5.41, 5.74) is -1.38. The first-order valence-electron chi connectivity index (χ1n) is 9.38. The number of pyridine rings is 1. The van der Waals surface area contributed by atoms with Crippen LogP contribution in [-0.2, 0) is 30.4 Å². The SMILES string of the molecule is O=C(O)CNC(=O)c1c(O)c2c(n(OCc3ccc(C(F)(F)F)cc3)c1=O)CCCC2. The lowest BCUT2D eigenvalue weighted by Crippen LogP contribution is -2.40. The summed E-state index contributed by atoms with van der Waals surface area (Å²) in [6, 6.07) is 4.19. The van der Waals surface area contributed by atoms with Gasteiger partial charge in [-0.2, -0.15) is 13.2 Å². The number of hydrogen-bond acceptors (Lipinski definition) is 5. The van der Waals surface area contributed by atoms with E-state index in [4.69, 9.17) is 9.94 Å². The van der Waals surface area contributed by atoms with Crippen molar-refractivity contribution in [2.75, 3.05) is 6.54 Å². The Hall–Kier alpha value is -3.50. The molecule has 0 aliphatic heterocycles. The summed E-state index contributed by atoms with van der Waals surface area (Å²) in [6.07, 6.45) is -2.30. The van der Waals surface area contributed by atoms with Crippen molar-refractivity contribution in [3.63, 3.8) is 0 Å². The minimum absolute atomic E-state index is 0.258. The first-order valence-corrected chi connectivity index (χ1v) is 9.38. The Bertz CT molecular complexity index is 1060. The van der Waals surface area contributed by atoms with Gasteiger partial charge >= 0.3 is 12.1 Å². The van der Waals surface area contributed by atoms with Gasteiger partial charge in [0.1, 0.15) is 24.5 Å². The Labute approximate surface area is 173 Å². The number of fused-ring (bicyclic) bond motifs is 1. The zero-order valence-electron chi connectivity index (χ0n) is 16.2. The molecule has 0 unspecified atom stereocenters. The number of amides is 1. The third-order valence-corrected chi connectivity index (χ3v) is 4.87. The van der Waals surface area contributed by atoms with Crippen LogP contribution in [0.3, 0.4) is 0 Å². The summed E-state index contributed by atoms with van der Waals surface area (Å²) in [6.45, 7) is -1.01. The summed E-state index contributed by atoms with van der Waals surface area (Å²) in [5.74, 6) is -2.91. The van der Waals surface area contributed by atoms with Crippen LogP contribution in [0, 0.1) is 0 Å². The second-order valence-corrected chi connectivity index (χ2v) is 7.00. The molecule has 31 heavy (non-hydrogen) atoms. The second kappa shape index (κ2) is 8.70. The van der Waals surface area contributed by atoms with E-state index in [0.717, 1.165) is 16.9 Å². The first kappa shape index (κ1) is 22.2. The number of nitrogens with zero attached hydrogens (tertiary/aromatic N) is 1. The van der Waals surface area contributed by atoms with Crippen molar-refractivity contribution in [1.29, 1.82) is 0 Å². The number of nitrogens with one attached hydrogen (secondary N) is 1. The van der Waals surface area contributed by atoms with Crippen LogP contribution in [-0.4, -0.2) is 33.4 Å². The molecule has 0 saturated heterocycles. The van der Waals surface area contributed by atoms with Gasteiger partial charge in [0.15, 0.2) is 0 Å². The zero-order valence-corrected chi connectivity index (χ0v) is 16.2. The third kappa shape index (κ3) is 4.81. The molecule has 0 fully saturated rings. The molecule has 2 aromatic rings. The standard InChI is InChI=1S/C20H19F3N2O6/c21-20(22,23)12-7-5-11(6-8-12)10-31-25-14-4-2-1-3-13(14)17(28)16(19(25)30)18(29)24-9-15(26)27/h5-8,28H,1-4,9-10H2,(H,24,29)(H,26,27). The summed E-state index contributed by atoms with van der Waals surface area (Å²) >= 11 is 0. The van der Waals surface area contributed by atoms with Crippen molar-refractivity contribution in [3.8, 4) is 5.75 Å². The van der Waals surface area contributed by atoms with Gasteiger partial charge in [-0.25, -0.2) is 0 Å². The Morgan fingerprint density at radius 3 is 2.39 bits per heavy atom. The van der Waals surface area contributed by atoms with Gasteiger partial charge in [-0.15, -0.1) is 4.73 Å². The number of carboxylic acid groups (broad SMARTS) is 1. The van der Waals surface area contributed by atoms with Gasteiger partial charge in [0.05, 0.1) is 11.3 Å².